The number of urea groups is 1. The lowest BCUT2D eigenvalue weighted by Gasteiger charge is -2.20. The molecule has 0 bridgehead atoms. The Morgan fingerprint density at radius 3 is 2.76 bits per heavy atom. The van der Waals surface area contributed by atoms with Crippen molar-refractivity contribution >= 4 is 22.7 Å². The third kappa shape index (κ3) is 3.27. The Morgan fingerprint density at radius 2 is 2.07 bits per heavy atom. The van der Waals surface area contributed by atoms with Crippen LogP contribution >= 0.6 is 0 Å². The molecule has 1 aliphatic rings. The topological polar surface area (TPSA) is 126 Å². The number of aromatic nitrogens is 2. The van der Waals surface area contributed by atoms with Crippen LogP contribution in [0, 0.1) is 11.8 Å². The molecule has 3 heterocycles. The molecule has 3 aromatic rings. The van der Waals surface area contributed by atoms with Gasteiger partial charge in [0.05, 0.1) is 19.9 Å². The minimum absolute atomic E-state index is 0.0750. The second-order valence-corrected chi connectivity index (χ2v) is 6.53. The third-order valence-electron chi connectivity index (χ3n) is 4.56. The summed E-state index contributed by atoms with van der Waals surface area (Å²) in [5.74, 6) is 5.27. The zero-order chi connectivity index (χ0) is 20.6. The number of carbonyl (C=O) groups is 2. The van der Waals surface area contributed by atoms with E-state index in [1.807, 2.05) is 0 Å². The largest absolute Gasteiger partial charge is 0.506 e. The van der Waals surface area contributed by atoms with Gasteiger partial charge in [-0.15, -0.1) is 0 Å². The molecule has 0 saturated carbocycles. The summed E-state index contributed by atoms with van der Waals surface area (Å²) in [6, 6.07) is 5.90. The first-order valence-corrected chi connectivity index (χ1v) is 8.57. The minimum atomic E-state index is -1.61. The molecule has 9 nitrogen and oxygen atoms in total. The second kappa shape index (κ2) is 6.76. The maximum Gasteiger partial charge on any atom is 0.323 e. The number of carbonyl (C=O) groups excluding carboxylic acids is 2. The highest BCUT2D eigenvalue weighted by atomic mass is 16.5. The average Bonchev–Trinajstić information content (AvgIpc) is 3.15. The first-order chi connectivity index (χ1) is 13.9. The number of rotatable bonds is 3. The summed E-state index contributed by atoms with van der Waals surface area (Å²) in [5.41, 5.74) is -1.25. The molecular weight excluding hydrogens is 376 g/mol. The van der Waals surface area contributed by atoms with Crippen LogP contribution in [0.15, 0.2) is 42.9 Å². The van der Waals surface area contributed by atoms with Crippen molar-refractivity contribution in [3.63, 3.8) is 0 Å². The smallest absolute Gasteiger partial charge is 0.323 e. The first-order valence-electron chi connectivity index (χ1n) is 8.57. The molecule has 1 saturated heterocycles. The van der Waals surface area contributed by atoms with E-state index in [9.17, 15) is 19.8 Å². The molecule has 1 fully saturated rings. The lowest BCUT2D eigenvalue weighted by Crippen LogP contribution is -2.49. The van der Waals surface area contributed by atoms with Gasteiger partial charge in [0, 0.05) is 28.7 Å². The van der Waals surface area contributed by atoms with E-state index < -0.39 is 17.5 Å². The molecule has 0 aliphatic carbocycles. The molecular formula is C20H16N4O5. The molecule has 1 aliphatic heterocycles. The van der Waals surface area contributed by atoms with Crippen LogP contribution in [0.25, 0.3) is 10.8 Å². The van der Waals surface area contributed by atoms with Gasteiger partial charge in [0.2, 0.25) is 5.54 Å². The molecule has 4 rings (SSSR count). The van der Waals surface area contributed by atoms with Gasteiger partial charge < -0.3 is 24.8 Å². The van der Waals surface area contributed by atoms with E-state index >= 15 is 0 Å². The van der Waals surface area contributed by atoms with Gasteiger partial charge in [-0.3, -0.25) is 15.1 Å². The Kier molecular flexibility index (Phi) is 4.24. The van der Waals surface area contributed by atoms with Crippen LogP contribution in [0.5, 0.6) is 17.4 Å². The number of benzene rings is 1. The standard InChI is InChI=1S/C20H16N4O5/c1-29-15-3-2-13-10-24(17(26)16(13)7-15)11-20(18(27)22-19(28)23-20)5-4-12-6-14(25)9-21-8-12/h2-3,6-10,25-26H,11H2,1H3,(H2,22,23,27,28)/t20-/m0/s1. The summed E-state index contributed by atoms with van der Waals surface area (Å²) in [7, 11) is 1.52. The Morgan fingerprint density at radius 1 is 1.24 bits per heavy atom. The van der Waals surface area contributed by atoms with Crippen LogP contribution < -0.4 is 15.4 Å². The number of hydrogen-bond acceptors (Lipinski definition) is 6. The molecule has 29 heavy (non-hydrogen) atoms. The normalized spacial score (nSPS) is 18.1. The van der Waals surface area contributed by atoms with Gasteiger partial charge in [-0.25, -0.2) is 4.79 Å². The highest BCUT2D eigenvalue weighted by molar-refractivity contribution is 6.09. The zero-order valence-electron chi connectivity index (χ0n) is 15.3. The van der Waals surface area contributed by atoms with Gasteiger partial charge in [0.1, 0.15) is 11.5 Å². The summed E-state index contributed by atoms with van der Waals surface area (Å²) in [6.07, 6.45) is 4.33. The zero-order valence-corrected chi connectivity index (χ0v) is 15.3. The fourth-order valence-corrected chi connectivity index (χ4v) is 3.13. The Hall–Kier alpha value is -4.19. The molecule has 9 heteroatoms. The maximum atomic E-state index is 12.5. The van der Waals surface area contributed by atoms with Crippen molar-refractivity contribution in [1.82, 2.24) is 20.2 Å². The number of fused-ring (bicyclic) bond motifs is 1. The third-order valence-corrected chi connectivity index (χ3v) is 4.56. The highest BCUT2D eigenvalue weighted by Gasteiger charge is 2.46. The lowest BCUT2D eigenvalue weighted by molar-refractivity contribution is -0.122. The average molecular weight is 392 g/mol. The Labute approximate surface area is 164 Å². The predicted molar refractivity (Wildman–Crippen MR) is 102 cm³/mol. The van der Waals surface area contributed by atoms with Crippen LogP contribution in [-0.2, 0) is 11.3 Å². The van der Waals surface area contributed by atoms with Gasteiger partial charge in [0.15, 0.2) is 5.88 Å². The summed E-state index contributed by atoms with van der Waals surface area (Å²) < 4.78 is 6.61. The number of methoxy groups -OCH3 is 1. The van der Waals surface area contributed by atoms with Gasteiger partial charge in [-0.1, -0.05) is 11.8 Å². The molecule has 0 radical (unpaired) electrons. The summed E-state index contributed by atoms with van der Waals surface area (Å²) >= 11 is 0. The van der Waals surface area contributed by atoms with Crippen molar-refractivity contribution in [1.29, 1.82) is 0 Å². The minimum Gasteiger partial charge on any atom is -0.506 e. The van der Waals surface area contributed by atoms with Gasteiger partial charge in [0.25, 0.3) is 5.91 Å². The number of aromatic hydroxyl groups is 2. The van der Waals surface area contributed by atoms with Crippen LogP contribution in [-0.4, -0.2) is 44.4 Å². The van der Waals surface area contributed by atoms with E-state index in [2.05, 4.69) is 27.5 Å². The first kappa shape index (κ1) is 18.2. The number of pyridine rings is 1. The molecule has 0 spiro atoms. The monoisotopic (exact) mass is 392 g/mol. The second-order valence-electron chi connectivity index (χ2n) is 6.53. The SMILES string of the molecule is COc1ccc2cn(C[C@]3(C#Cc4cncc(O)c4)NC(=O)NC3=O)c(O)c2c1. The molecule has 0 unspecified atom stereocenters. The highest BCUT2D eigenvalue weighted by Crippen LogP contribution is 2.32. The van der Waals surface area contributed by atoms with Crippen molar-refractivity contribution in [2.75, 3.05) is 7.11 Å². The maximum absolute atomic E-state index is 12.5. The quantitative estimate of drug-likeness (QED) is 0.391. The van der Waals surface area contributed by atoms with E-state index in [0.717, 1.165) is 5.39 Å². The van der Waals surface area contributed by atoms with Gasteiger partial charge >= 0.3 is 6.03 Å². The number of amides is 3. The molecule has 3 amide bonds. The fourth-order valence-electron chi connectivity index (χ4n) is 3.13. The van der Waals surface area contributed by atoms with Crippen LogP contribution in [0.3, 0.4) is 0 Å². The molecule has 2 aromatic heterocycles. The van der Waals surface area contributed by atoms with Crippen molar-refractivity contribution in [3.8, 4) is 29.2 Å². The molecule has 4 N–H and O–H groups in total. The number of ether oxygens (including phenoxy) is 1. The van der Waals surface area contributed by atoms with Gasteiger partial charge in [-0.05, 0) is 24.3 Å². The summed E-state index contributed by atoms with van der Waals surface area (Å²) in [4.78, 5) is 28.2. The summed E-state index contributed by atoms with van der Waals surface area (Å²) in [5, 5.41) is 26.1. The van der Waals surface area contributed by atoms with E-state index in [-0.39, 0.29) is 18.2 Å². The number of hydrogen-bond donors (Lipinski definition) is 4. The van der Waals surface area contributed by atoms with Crippen molar-refractivity contribution in [3.05, 3.63) is 48.4 Å². The molecule has 1 atom stereocenters. The Balaban J connectivity index is 1.76. The van der Waals surface area contributed by atoms with E-state index in [4.69, 9.17) is 4.74 Å². The van der Waals surface area contributed by atoms with Crippen molar-refractivity contribution in [2.24, 2.45) is 0 Å². The molecule has 146 valence electrons. The van der Waals surface area contributed by atoms with Crippen molar-refractivity contribution < 1.29 is 24.5 Å². The van der Waals surface area contributed by atoms with Crippen LogP contribution in [0.1, 0.15) is 5.56 Å². The Bertz CT molecular complexity index is 1210. The van der Waals surface area contributed by atoms with Crippen molar-refractivity contribution in [2.45, 2.75) is 12.1 Å². The van der Waals surface area contributed by atoms with Crippen LogP contribution in [0.2, 0.25) is 0 Å². The predicted octanol–water partition coefficient (Wildman–Crippen LogP) is 1.09. The van der Waals surface area contributed by atoms with E-state index in [1.165, 1.54) is 30.1 Å². The molecule has 1 aromatic carbocycles. The fraction of sp³-hybridized carbons (Fsp3) is 0.150. The number of nitrogens with zero attached hydrogens (tertiary/aromatic N) is 2. The van der Waals surface area contributed by atoms with E-state index in [0.29, 0.717) is 16.7 Å². The number of nitrogens with one attached hydrogen (secondary N) is 2. The van der Waals surface area contributed by atoms with E-state index in [1.54, 1.807) is 24.4 Å². The summed E-state index contributed by atoms with van der Waals surface area (Å²) in [6.45, 7) is -0.132. The van der Waals surface area contributed by atoms with Crippen LogP contribution in [0.4, 0.5) is 4.79 Å². The lowest BCUT2D eigenvalue weighted by atomic mass is 10.00. The van der Waals surface area contributed by atoms with Gasteiger partial charge in [-0.2, -0.15) is 0 Å². The number of imide groups is 1.